The number of likely N-dealkylation sites (N-methyl/N-ethyl adjacent to an activating group) is 1. The minimum Gasteiger partial charge on any atom is -0.465 e. The van der Waals surface area contributed by atoms with E-state index in [0.29, 0.717) is 16.9 Å². The Morgan fingerprint density at radius 2 is 1.61 bits per heavy atom. The van der Waals surface area contributed by atoms with Gasteiger partial charge in [-0.15, -0.1) is 0 Å². The molecule has 0 spiro atoms. The van der Waals surface area contributed by atoms with Crippen LogP contribution in [0.5, 0.6) is 0 Å². The first-order valence-electron chi connectivity index (χ1n) is 11.3. The molecule has 0 aromatic heterocycles. The van der Waals surface area contributed by atoms with Gasteiger partial charge in [0.25, 0.3) is 5.91 Å². The summed E-state index contributed by atoms with van der Waals surface area (Å²) in [5, 5.41) is 9.72. The Balaban J connectivity index is 1.61. The van der Waals surface area contributed by atoms with Gasteiger partial charge in [-0.3, -0.25) is 14.5 Å². The zero-order valence-corrected chi connectivity index (χ0v) is 19.3. The van der Waals surface area contributed by atoms with Crippen molar-refractivity contribution in [2.75, 3.05) is 49.6 Å². The lowest BCUT2D eigenvalue weighted by molar-refractivity contribution is -0.117. The lowest BCUT2D eigenvalue weighted by Crippen LogP contribution is -2.51. The lowest BCUT2D eigenvalue weighted by atomic mass is 9.99. The molecule has 2 aromatic carbocycles. The highest BCUT2D eigenvalue weighted by molar-refractivity contribution is 6.03. The molecular formula is C25H30N4O4. The average Bonchev–Trinajstić information content (AvgIpc) is 3.01. The summed E-state index contributed by atoms with van der Waals surface area (Å²) in [5.74, 6) is -0.0884. The number of benzene rings is 2. The summed E-state index contributed by atoms with van der Waals surface area (Å²) in [6.45, 7) is 6.88. The summed E-state index contributed by atoms with van der Waals surface area (Å²) in [7, 11) is 2.07. The first kappa shape index (κ1) is 22.8. The van der Waals surface area contributed by atoms with Crippen LogP contribution in [0.25, 0.3) is 11.1 Å². The third-order valence-corrected chi connectivity index (χ3v) is 6.46. The third kappa shape index (κ3) is 4.57. The summed E-state index contributed by atoms with van der Waals surface area (Å²) in [5.41, 5.74) is 3.43. The van der Waals surface area contributed by atoms with Gasteiger partial charge in [-0.1, -0.05) is 18.2 Å². The van der Waals surface area contributed by atoms with Gasteiger partial charge in [0.2, 0.25) is 5.91 Å². The minimum absolute atomic E-state index is 0.0328. The molecule has 1 N–H and O–H groups in total. The number of amides is 3. The zero-order chi connectivity index (χ0) is 23.7. The van der Waals surface area contributed by atoms with E-state index >= 15 is 0 Å². The predicted octanol–water partition coefficient (Wildman–Crippen LogP) is 3.37. The Morgan fingerprint density at radius 1 is 0.909 bits per heavy atom. The van der Waals surface area contributed by atoms with Crippen LogP contribution in [-0.2, 0) is 4.79 Å². The second-order valence-electron chi connectivity index (χ2n) is 8.86. The van der Waals surface area contributed by atoms with Gasteiger partial charge in [-0.05, 0) is 62.3 Å². The molecule has 1 fully saturated rings. The molecule has 174 valence electrons. The van der Waals surface area contributed by atoms with Gasteiger partial charge in [0, 0.05) is 38.7 Å². The highest BCUT2D eigenvalue weighted by Gasteiger charge is 2.33. The van der Waals surface area contributed by atoms with Crippen molar-refractivity contribution in [3.8, 4) is 11.1 Å². The molecule has 2 heterocycles. The molecule has 1 atom stereocenters. The van der Waals surface area contributed by atoms with Crippen molar-refractivity contribution in [1.29, 1.82) is 0 Å². The molecule has 0 bridgehead atoms. The van der Waals surface area contributed by atoms with E-state index < -0.39 is 6.09 Å². The fourth-order valence-corrected chi connectivity index (χ4v) is 4.70. The first-order chi connectivity index (χ1) is 15.8. The van der Waals surface area contributed by atoms with Crippen LogP contribution in [0.3, 0.4) is 0 Å². The number of hydrogen-bond acceptors (Lipinski definition) is 4. The van der Waals surface area contributed by atoms with Gasteiger partial charge in [0.05, 0.1) is 17.4 Å². The summed E-state index contributed by atoms with van der Waals surface area (Å²) in [4.78, 5) is 44.1. The van der Waals surface area contributed by atoms with Crippen LogP contribution in [0.4, 0.5) is 16.2 Å². The molecule has 2 aromatic rings. The largest absolute Gasteiger partial charge is 0.465 e. The number of carbonyl (C=O) groups is 3. The Hall–Kier alpha value is -3.39. The second-order valence-corrected chi connectivity index (χ2v) is 8.86. The summed E-state index contributed by atoms with van der Waals surface area (Å²) in [6.07, 6.45) is -0.0849. The van der Waals surface area contributed by atoms with E-state index in [1.54, 1.807) is 17.0 Å². The van der Waals surface area contributed by atoms with E-state index in [1.165, 1.54) is 11.8 Å². The second kappa shape index (κ2) is 9.23. The Bertz CT molecular complexity index is 1070. The summed E-state index contributed by atoms with van der Waals surface area (Å²) < 4.78 is 0. The van der Waals surface area contributed by atoms with Gasteiger partial charge in [-0.25, -0.2) is 4.79 Å². The number of fused-ring (bicyclic) bond motifs is 1. The molecule has 2 aliphatic rings. The number of nitrogens with zero attached hydrogens (tertiary/aromatic N) is 4. The maximum atomic E-state index is 12.9. The maximum absolute atomic E-state index is 12.9. The standard InChI is InChI=1S/C25H30N4O4/c1-17-16-28(25(32)33)23-15-21(9-10-22(23)29(17)18(2)30)19-5-7-20(8-6-19)24(31)27-12-4-11-26(3)13-14-27/h5-10,15,17H,4,11-14,16H2,1-3H3,(H,32,33)/t17-/m0/s1. The number of rotatable bonds is 2. The van der Waals surface area contributed by atoms with Crippen LogP contribution in [0, 0.1) is 0 Å². The molecule has 8 heteroatoms. The molecule has 0 saturated carbocycles. The molecule has 1 saturated heterocycles. The van der Waals surface area contributed by atoms with Crippen LogP contribution in [-0.4, -0.2) is 78.6 Å². The third-order valence-electron chi connectivity index (χ3n) is 6.46. The van der Waals surface area contributed by atoms with Crippen molar-refractivity contribution >= 4 is 29.3 Å². The molecule has 33 heavy (non-hydrogen) atoms. The van der Waals surface area contributed by atoms with Crippen molar-refractivity contribution in [2.24, 2.45) is 0 Å². The van der Waals surface area contributed by atoms with Crippen LogP contribution >= 0.6 is 0 Å². The topological polar surface area (TPSA) is 84.4 Å². The minimum atomic E-state index is -1.05. The molecule has 0 aliphatic carbocycles. The van der Waals surface area contributed by atoms with Crippen molar-refractivity contribution in [3.63, 3.8) is 0 Å². The monoisotopic (exact) mass is 450 g/mol. The van der Waals surface area contributed by atoms with Crippen molar-refractivity contribution in [2.45, 2.75) is 26.3 Å². The molecular weight excluding hydrogens is 420 g/mol. The molecule has 0 unspecified atom stereocenters. The highest BCUT2D eigenvalue weighted by Crippen LogP contribution is 2.39. The fraction of sp³-hybridized carbons (Fsp3) is 0.400. The van der Waals surface area contributed by atoms with Crippen molar-refractivity contribution in [3.05, 3.63) is 48.0 Å². The van der Waals surface area contributed by atoms with Gasteiger partial charge in [0.15, 0.2) is 0 Å². The predicted molar refractivity (Wildman–Crippen MR) is 128 cm³/mol. The number of hydrogen-bond donors (Lipinski definition) is 1. The molecule has 2 aliphatic heterocycles. The van der Waals surface area contributed by atoms with Gasteiger partial charge < -0.3 is 19.8 Å². The molecule has 4 rings (SSSR count). The SMILES string of the molecule is CC(=O)N1c2ccc(-c3ccc(C(=O)N4CCCN(C)CC4)cc3)cc2N(C(=O)O)C[C@@H]1C. The van der Waals surface area contributed by atoms with E-state index in [0.717, 1.165) is 43.7 Å². The summed E-state index contributed by atoms with van der Waals surface area (Å²) in [6, 6.07) is 12.7. The van der Waals surface area contributed by atoms with Gasteiger partial charge in [0.1, 0.15) is 0 Å². The van der Waals surface area contributed by atoms with E-state index in [9.17, 15) is 19.5 Å². The van der Waals surface area contributed by atoms with E-state index in [-0.39, 0.29) is 24.4 Å². The quantitative estimate of drug-likeness (QED) is 0.758. The first-order valence-corrected chi connectivity index (χ1v) is 11.3. The van der Waals surface area contributed by atoms with Crippen LogP contribution in [0.1, 0.15) is 30.6 Å². The van der Waals surface area contributed by atoms with Gasteiger partial charge in [-0.2, -0.15) is 0 Å². The summed E-state index contributed by atoms with van der Waals surface area (Å²) >= 11 is 0. The zero-order valence-electron chi connectivity index (χ0n) is 19.3. The van der Waals surface area contributed by atoms with E-state index in [4.69, 9.17) is 0 Å². The Morgan fingerprint density at radius 3 is 2.27 bits per heavy atom. The average molecular weight is 451 g/mol. The molecule has 0 radical (unpaired) electrons. The van der Waals surface area contributed by atoms with Crippen LogP contribution < -0.4 is 9.80 Å². The Kier molecular flexibility index (Phi) is 6.37. The lowest BCUT2D eigenvalue weighted by Gasteiger charge is -2.39. The Labute approximate surface area is 194 Å². The maximum Gasteiger partial charge on any atom is 0.411 e. The van der Waals surface area contributed by atoms with E-state index in [2.05, 4.69) is 11.9 Å². The van der Waals surface area contributed by atoms with Crippen LogP contribution in [0.15, 0.2) is 42.5 Å². The normalized spacial score (nSPS) is 19.1. The van der Waals surface area contributed by atoms with Crippen molar-refractivity contribution in [1.82, 2.24) is 9.80 Å². The molecule has 3 amide bonds. The fourth-order valence-electron chi connectivity index (χ4n) is 4.70. The van der Waals surface area contributed by atoms with Gasteiger partial charge >= 0.3 is 6.09 Å². The smallest absolute Gasteiger partial charge is 0.411 e. The number of anilines is 2. The number of carbonyl (C=O) groups excluding carboxylic acids is 2. The van der Waals surface area contributed by atoms with Crippen molar-refractivity contribution < 1.29 is 19.5 Å². The van der Waals surface area contributed by atoms with Crippen LogP contribution in [0.2, 0.25) is 0 Å². The number of carboxylic acid groups (broad SMARTS) is 1. The van der Waals surface area contributed by atoms with E-state index in [1.807, 2.05) is 42.2 Å². The molecule has 8 nitrogen and oxygen atoms in total. The highest BCUT2D eigenvalue weighted by atomic mass is 16.4.